The summed E-state index contributed by atoms with van der Waals surface area (Å²) in [6, 6.07) is 4.86. The predicted molar refractivity (Wildman–Crippen MR) is 263 cm³/mol. The number of rotatable bonds is 36. The van der Waals surface area contributed by atoms with Gasteiger partial charge in [-0.2, -0.15) is 0 Å². The van der Waals surface area contributed by atoms with E-state index in [9.17, 15) is 33.7 Å². The molecule has 0 aliphatic heterocycles. The second kappa shape index (κ2) is 27.4. The van der Waals surface area contributed by atoms with Crippen molar-refractivity contribution in [3.63, 3.8) is 0 Å². The van der Waals surface area contributed by atoms with Crippen molar-refractivity contribution in [2.24, 2.45) is 0 Å². The fourth-order valence-corrected chi connectivity index (χ4v) is 12.7. The zero-order valence-corrected chi connectivity index (χ0v) is 42.1. The number of carbonyl (C=O) groups is 2. The summed E-state index contributed by atoms with van der Waals surface area (Å²) in [5, 5.41) is 0. The van der Waals surface area contributed by atoms with Crippen LogP contribution in [0.3, 0.4) is 0 Å². The Morgan fingerprint density at radius 2 is 0.469 bits per heavy atom. The maximum Gasteiger partial charge on any atom is 0.232 e. The Morgan fingerprint density at radius 1 is 0.297 bits per heavy atom. The fraction of sp³-hybridized carbons (Fsp3) is 0.696. The van der Waals surface area contributed by atoms with E-state index in [4.69, 9.17) is 0 Å². The van der Waals surface area contributed by atoms with E-state index >= 15 is 9.59 Å². The lowest BCUT2D eigenvalue weighted by Gasteiger charge is -2.27. The molecule has 0 heterocycles. The van der Waals surface area contributed by atoms with Gasteiger partial charge in [0, 0.05) is 0 Å². The van der Waals surface area contributed by atoms with Crippen LogP contribution in [0, 0.1) is 0 Å². The molecule has 18 heteroatoms. The fourth-order valence-electron chi connectivity index (χ4n) is 7.90. The molecule has 2 aromatic carbocycles. The first-order chi connectivity index (χ1) is 30.4. The van der Waals surface area contributed by atoms with Gasteiger partial charge in [-0.3, -0.25) is 28.5 Å². The minimum atomic E-state index is -4.11. The first-order valence-electron chi connectivity index (χ1n) is 23.9. The number of carbonyl (C=O) groups excluding carboxylic acids is 2. The van der Waals surface area contributed by atoms with Crippen molar-refractivity contribution in [2.75, 3.05) is 41.9 Å². The topological polar surface area (TPSA) is 219 Å². The molecular formula is C46H76N4O10S4. The van der Waals surface area contributed by atoms with E-state index in [1.807, 2.05) is 0 Å². The van der Waals surface area contributed by atoms with Crippen LogP contribution in [0.15, 0.2) is 24.3 Å². The van der Waals surface area contributed by atoms with Gasteiger partial charge in [0.25, 0.3) is 0 Å². The molecule has 2 aromatic rings. The third-order valence-electron chi connectivity index (χ3n) is 11.4. The van der Waals surface area contributed by atoms with Gasteiger partial charge in [0.05, 0.1) is 68.0 Å². The molecule has 0 unspecified atom stereocenters. The molecule has 364 valence electrons. The summed E-state index contributed by atoms with van der Waals surface area (Å²) in [6.45, 7) is 8.32. The Hall–Kier alpha value is -3.22. The molecule has 0 spiro atoms. The van der Waals surface area contributed by atoms with Gasteiger partial charge in [-0.15, -0.1) is 0 Å². The quantitative estimate of drug-likeness (QED) is 0.0404. The Bertz CT molecular complexity index is 1950. The number of ketones is 2. The number of unbranched alkanes of at least 4 members (excludes halogenated alkanes) is 20. The van der Waals surface area contributed by atoms with Crippen molar-refractivity contribution in [3.05, 3.63) is 46.5 Å². The van der Waals surface area contributed by atoms with Crippen molar-refractivity contribution >= 4 is 74.4 Å². The van der Waals surface area contributed by atoms with Crippen LogP contribution < -0.4 is 18.9 Å². The van der Waals surface area contributed by atoms with Crippen molar-refractivity contribution in [3.8, 4) is 0 Å². The highest BCUT2D eigenvalue weighted by molar-refractivity contribution is 7.93. The highest BCUT2D eigenvalue weighted by atomic mass is 32.2. The number of nitrogens with one attached hydrogen (secondary N) is 4. The molecule has 1 aliphatic carbocycles. The van der Waals surface area contributed by atoms with Crippen LogP contribution in [-0.4, -0.2) is 68.2 Å². The van der Waals surface area contributed by atoms with Crippen LogP contribution in [0.1, 0.15) is 214 Å². The number of hydrogen-bond donors (Lipinski definition) is 4. The van der Waals surface area contributed by atoms with Gasteiger partial charge in [0.2, 0.25) is 40.1 Å². The van der Waals surface area contributed by atoms with E-state index < -0.39 is 73.9 Å². The Balaban J connectivity index is 2.16. The van der Waals surface area contributed by atoms with Crippen LogP contribution in [0.25, 0.3) is 0 Å². The molecule has 4 N–H and O–H groups in total. The summed E-state index contributed by atoms with van der Waals surface area (Å²) in [5.74, 6) is -3.12. The van der Waals surface area contributed by atoms with Crippen LogP contribution >= 0.6 is 0 Å². The van der Waals surface area contributed by atoms with Gasteiger partial charge in [0.1, 0.15) is 0 Å². The monoisotopic (exact) mass is 972 g/mol. The third-order valence-corrected chi connectivity index (χ3v) is 16.9. The first-order valence-corrected chi connectivity index (χ1v) is 30.5. The van der Waals surface area contributed by atoms with Gasteiger partial charge in [-0.1, -0.05) is 156 Å². The van der Waals surface area contributed by atoms with Crippen LogP contribution in [0.4, 0.5) is 22.7 Å². The zero-order valence-electron chi connectivity index (χ0n) is 38.8. The second-order valence-electron chi connectivity index (χ2n) is 17.2. The van der Waals surface area contributed by atoms with E-state index in [1.54, 1.807) is 0 Å². The smallest absolute Gasteiger partial charge is 0.232 e. The lowest BCUT2D eigenvalue weighted by Crippen LogP contribution is -2.30. The van der Waals surface area contributed by atoms with Crippen molar-refractivity contribution in [1.82, 2.24) is 0 Å². The van der Waals surface area contributed by atoms with Gasteiger partial charge in [-0.25, -0.2) is 33.7 Å². The largest absolute Gasteiger partial charge is 0.288 e. The molecule has 0 atom stereocenters. The molecule has 3 rings (SSSR count). The van der Waals surface area contributed by atoms with E-state index in [0.29, 0.717) is 51.4 Å². The average Bonchev–Trinajstić information content (AvgIpc) is 3.22. The summed E-state index contributed by atoms with van der Waals surface area (Å²) in [4.78, 5) is 30.1. The summed E-state index contributed by atoms with van der Waals surface area (Å²) in [6.07, 6.45) is 19.4. The van der Waals surface area contributed by atoms with Crippen molar-refractivity contribution in [2.45, 2.75) is 182 Å². The number of anilines is 4. The van der Waals surface area contributed by atoms with Crippen molar-refractivity contribution in [1.29, 1.82) is 0 Å². The van der Waals surface area contributed by atoms with E-state index in [2.05, 4.69) is 46.6 Å². The predicted octanol–water partition coefficient (Wildman–Crippen LogP) is 10.9. The summed E-state index contributed by atoms with van der Waals surface area (Å²) < 4.78 is 118. The number of benzene rings is 2. The van der Waals surface area contributed by atoms with E-state index in [-0.39, 0.29) is 45.8 Å². The van der Waals surface area contributed by atoms with Crippen LogP contribution in [0.2, 0.25) is 0 Å². The van der Waals surface area contributed by atoms with Crippen LogP contribution in [-0.2, 0) is 40.1 Å². The highest BCUT2D eigenvalue weighted by Crippen LogP contribution is 2.43. The second-order valence-corrected chi connectivity index (χ2v) is 24.6. The summed E-state index contributed by atoms with van der Waals surface area (Å²) in [5.41, 5.74) is -3.09. The Morgan fingerprint density at radius 3 is 0.656 bits per heavy atom. The molecule has 0 saturated heterocycles. The van der Waals surface area contributed by atoms with Gasteiger partial charge < -0.3 is 0 Å². The lowest BCUT2D eigenvalue weighted by molar-refractivity contribution is 0.0981. The molecule has 0 saturated carbocycles. The molecule has 0 amide bonds. The number of sulfonamides is 4. The molecular weight excluding hydrogens is 897 g/mol. The molecule has 1 aliphatic rings. The minimum Gasteiger partial charge on any atom is -0.288 e. The van der Waals surface area contributed by atoms with Gasteiger partial charge >= 0.3 is 0 Å². The lowest BCUT2D eigenvalue weighted by atomic mass is 9.81. The molecule has 14 nitrogen and oxygen atoms in total. The van der Waals surface area contributed by atoms with Gasteiger partial charge in [-0.05, 0) is 49.9 Å². The Labute approximate surface area is 385 Å². The highest BCUT2D eigenvalue weighted by Gasteiger charge is 2.40. The number of fused-ring (bicyclic) bond motifs is 2. The van der Waals surface area contributed by atoms with E-state index in [0.717, 1.165) is 103 Å². The normalized spacial score (nSPS) is 13.1. The summed E-state index contributed by atoms with van der Waals surface area (Å²) >= 11 is 0. The van der Waals surface area contributed by atoms with E-state index in [1.165, 1.54) is 24.3 Å². The summed E-state index contributed by atoms with van der Waals surface area (Å²) in [7, 11) is -16.4. The standard InChI is InChI=1S/C46H76N4O10S4/c1-5-9-13-17-21-25-33-61(53,54)47-37-29-30-38(48-62(55,56)34-26-22-18-14-10-6-2)42-41(37)45(51)43-39(49-63(57,58)35-27-23-19-15-11-7-3)31-32-40(44(43)46(42)52)50-64(59,60)36-28-24-20-16-12-8-4/h29-32,47-50H,5-28,33-36H2,1-4H3. The molecule has 0 fully saturated rings. The Kier molecular flexibility index (Phi) is 23.6. The first kappa shape index (κ1) is 55.1. The maximum absolute atomic E-state index is 15.0. The average molecular weight is 973 g/mol. The molecule has 0 aromatic heterocycles. The number of hydrogen-bond acceptors (Lipinski definition) is 10. The maximum atomic E-state index is 15.0. The van der Waals surface area contributed by atoms with Crippen molar-refractivity contribution < 1.29 is 43.3 Å². The minimum absolute atomic E-state index is 0.284. The van der Waals surface area contributed by atoms with Crippen LogP contribution in [0.5, 0.6) is 0 Å². The molecule has 64 heavy (non-hydrogen) atoms. The molecule has 0 bridgehead atoms. The van der Waals surface area contributed by atoms with Gasteiger partial charge in [0.15, 0.2) is 11.6 Å². The third kappa shape index (κ3) is 18.6. The zero-order chi connectivity index (χ0) is 47.2. The molecule has 0 radical (unpaired) electrons. The SMILES string of the molecule is CCCCCCCCS(=O)(=O)Nc1ccc(NS(=O)(=O)CCCCCCCC)c2c1C(=O)c1c(NS(=O)(=O)CCCCCCCC)ccc(NS(=O)(=O)CCCCCCCC)c1C2=O.